The third-order valence-corrected chi connectivity index (χ3v) is 2.61. The first kappa shape index (κ1) is 11.9. The Labute approximate surface area is 99.2 Å². The standard InChI is InChI=1S/C12H14BrNO/c1-3-4-5-8-14-12-9-10(15-2)6-7-11(12)13/h6-7,9,14H,5,8H2,1-2H3. The average Bonchev–Trinajstić information content (AvgIpc) is 2.26. The molecule has 0 bridgehead atoms. The van der Waals surface area contributed by atoms with Gasteiger partial charge in [0.05, 0.1) is 12.8 Å². The molecule has 0 amide bonds. The van der Waals surface area contributed by atoms with Crippen LogP contribution in [0.3, 0.4) is 0 Å². The summed E-state index contributed by atoms with van der Waals surface area (Å²) in [6.45, 7) is 2.69. The first-order valence-corrected chi connectivity index (χ1v) is 5.54. The number of rotatable bonds is 4. The first-order valence-electron chi connectivity index (χ1n) is 4.75. The van der Waals surface area contributed by atoms with Crippen LogP contribution in [0.2, 0.25) is 0 Å². The summed E-state index contributed by atoms with van der Waals surface area (Å²) < 4.78 is 6.18. The van der Waals surface area contributed by atoms with Gasteiger partial charge in [-0.2, -0.15) is 0 Å². The van der Waals surface area contributed by atoms with Crippen molar-refractivity contribution < 1.29 is 4.74 Å². The zero-order chi connectivity index (χ0) is 11.1. The van der Waals surface area contributed by atoms with Crippen LogP contribution in [0.4, 0.5) is 5.69 Å². The van der Waals surface area contributed by atoms with Gasteiger partial charge in [-0.15, -0.1) is 11.8 Å². The van der Waals surface area contributed by atoms with Crippen LogP contribution in [0.25, 0.3) is 0 Å². The van der Waals surface area contributed by atoms with Gasteiger partial charge in [0, 0.05) is 23.5 Å². The van der Waals surface area contributed by atoms with E-state index >= 15 is 0 Å². The molecule has 0 aliphatic heterocycles. The molecule has 0 aromatic heterocycles. The number of hydrogen-bond acceptors (Lipinski definition) is 2. The van der Waals surface area contributed by atoms with Gasteiger partial charge < -0.3 is 10.1 Å². The van der Waals surface area contributed by atoms with Crippen molar-refractivity contribution in [1.29, 1.82) is 0 Å². The van der Waals surface area contributed by atoms with E-state index in [2.05, 4.69) is 33.1 Å². The van der Waals surface area contributed by atoms with Crippen molar-refractivity contribution in [3.63, 3.8) is 0 Å². The molecule has 3 heteroatoms. The van der Waals surface area contributed by atoms with E-state index in [0.717, 1.165) is 28.9 Å². The number of methoxy groups -OCH3 is 1. The Morgan fingerprint density at radius 1 is 1.47 bits per heavy atom. The van der Waals surface area contributed by atoms with Crippen molar-refractivity contribution in [3.05, 3.63) is 22.7 Å². The Morgan fingerprint density at radius 2 is 2.27 bits per heavy atom. The summed E-state index contributed by atoms with van der Waals surface area (Å²) in [6.07, 6.45) is 0.847. The summed E-state index contributed by atoms with van der Waals surface area (Å²) in [4.78, 5) is 0. The molecule has 0 aliphatic rings. The first-order chi connectivity index (χ1) is 7.27. The van der Waals surface area contributed by atoms with Crippen molar-refractivity contribution in [2.75, 3.05) is 19.0 Å². The summed E-state index contributed by atoms with van der Waals surface area (Å²) in [5.41, 5.74) is 1.03. The van der Waals surface area contributed by atoms with E-state index < -0.39 is 0 Å². The molecule has 0 aliphatic carbocycles. The molecule has 1 aromatic rings. The Morgan fingerprint density at radius 3 is 2.93 bits per heavy atom. The Hall–Kier alpha value is -1.14. The van der Waals surface area contributed by atoms with Gasteiger partial charge in [-0.3, -0.25) is 0 Å². The number of ether oxygens (including phenoxy) is 1. The molecule has 0 unspecified atom stereocenters. The highest BCUT2D eigenvalue weighted by Gasteiger charge is 2.00. The maximum atomic E-state index is 5.15. The molecule has 0 heterocycles. The van der Waals surface area contributed by atoms with Crippen molar-refractivity contribution in [2.24, 2.45) is 0 Å². The third-order valence-electron chi connectivity index (χ3n) is 1.92. The average molecular weight is 268 g/mol. The van der Waals surface area contributed by atoms with Gasteiger partial charge in [0.25, 0.3) is 0 Å². The molecule has 1 aromatic carbocycles. The van der Waals surface area contributed by atoms with E-state index in [1.807, 2.05) is 25.1 Å². The lowest BCUT2D eigenvalue weighted by Crippen LogP contribution is -2.01. The van der Waals surface area contributed by atoms with E-state index in [0.29, 0.717) is 0 Å². The van der Waals surface area contributed by atoms with Gasteiger partial charge in [-0.25, -0.2) is 0 Å². The fourth-order valence-electron chi connectivity index (χ4n) is 1.15. The van der Waals surface area contributed by atoms with Gasteiger partial charge >= 0.3 is 0 Å². The normalized spacial score (nSPS) is 9.00. The number of benzene rings is 1. The molecule has 0 radical (unpaired) electrons. The molecular formula is C12H14BrNO. The second-order valence-electron chi connectivity index (χ2n) is 2.95. The topological polar surface area (TPSA) is 21.3 Å². The molecular weight excluding hydrogens is 254 g/mol. The molecule has 0 spiro atoms. The van der Waals surface area contributed by atoms with Gasteiger partial charge in [-0.05, 0) is 35.0 Å². The highest BCUT2D eigenvalue weighted by molar-refractivity contribution is 9.10. The molecule has 2 nitrogen and oxygen atoms in total. The van der Waals surface area contributed by atoms with Crippen LogP contribution in [0.15, 0.2) is 22.7 Å². The van der Waals surface area contributed by atoms with Crippen molar-refractivity contribution in [2.45, 2.75) is 13.3 Å². The fourth-order valence-corrected chi connectivity index (χ4v) is 1.54. The van der Waals surface area contributed by atoms with Crippen LogP contribution < -0.4 is 10.1 Å². The van der Waals surface area contributed by atoms with E-state index in [-0.39, 0.29) is 0 Å². The van der Waals surface area contributed by atoms with E-state index in [4.69, 9.17) is 4.74 Å². The Bertz CT molecular complexity index is 379. The zero-order valence-electron chi connectivity index (χ0n) is 8.93. The van der Waals surface area contributed by atoms with Gasteiger partial charge in [-0.1, -0.05) is 0 Å². The van der Waals surface area contributed by atoms with E-state index in [1.54, 1.807) is 7.11 Å². The van der Waals surface area contributed by atoms with Gasteiger partial charge in [0.1, 0.15) is 5.75 Å². The van der Waals surface area contributed by atoms with Crippen LogP contribution >= 0.6 is 15.9 Å². The van der Waals surface area contributed by atoms with Crippen molar-refractivity contribution in [1.82, 2.24) is 0 Å². The summed E-state index contributed by atoms with van der Waals surface area (Å²) >= 11 is 3.47. The smallest absolute Gasteiger partial charge is 0.121 e. The zero-order valence-corrected chi connectivity index (χ0v) is 10.5. The minimum Gasteiger partial charge on any atom is -0.497 e. The minimum absolute atomic E-state index is 0.840. The molecule has 15 heavy (non-hydrogen) atoms. The lowest BCUT2D eigenvalue weighted by Gasteiger charge is -2.08. The van der Waals surface area contributed by atoms with Gasteiger partial charge in [0.15, 0.2) is 0 Å². The number of halogens is 1. The maximum Gasteiger partial charge on any atom is 0.121 e. The van der Waals surface area contributed by atoms with Gasteiger partial charge in [0.2, 0.25) is 0 Å². The lowest BCUT2D eigenvalue weighted by molar-refractivity contribution is 0.415. The molecule has 0 saturated heterocycles. The van der Waals surface area contributed by atoms with Crippen molar-refractivity contribution in [3.8, 4) is 17.6 Å². The fraction of sp³-hybridized carbons (Fsp3) is 0.333. The predicted molar refractivity (Wildman–Crippen MR) is 67.3 cm³/mol. The maximum absolute atomic E-state index is 5.15. The summed E-state index contributed by atoms with van der Waals surface area (Å²) in [6, 6.07) is 5.84. The molecule has 1 rings (SSSR count). The second kappa shape index (κ2) is 6.36. The highest BCUT2D eigenvalue weighted by atomic mass is 79.9. The molecule has 0 atom stereocenters. The molecule has 1 N–H and O–H groups in total. The summed E-state index contributed by atoms with van der Waals surface area (Å²) in [7, 11) is 1.66. The SMILES string of the molecule is CC#CCCNc1cc(OC)ccc1Br. The van der Waals surface area contributed by atoms with Crippen LogP contribution in [0, 0.1) is 11.8 Å². The van der Waals surface area contributed by atoms with Crippen LogP contribution in [-0.2, 0) is 0 Å². The Balaban J connectivity index is 2.61. The van der Waals surface area contributed by atoms with Crippen LogP contribution in [0.1, 0.15) is 13.3 Å². The summed E-state index contributed by atoms with van der Waals surface area (Å²) in [5, 5.41) is 3.29. The lowest BCUT2D eigenvalue weighted by atomic mass is 10.3. The van der Waals surface area contributed by atoms with Crippen LogP contribution in [0.5, 0.6) is 5.75 Å². The van der Waals surface area contributed by atoms with Crippen molar-refractivity contribution >= 4 is 21.6 Å². The largest absolute Gasteiger partial charge is 0.497 e. The van der Waals surface area contributed by atoms with E-state index in [9.17, 15) is 0 Å². The molecule has 0 fully saturated rings. The number of anilines is 1. The monoisotopic (exact) mass is 267 g/mol. The minimum atomic E-state index is 0.840. The Kier molecular flexibility index (Phi) is 5.06. The predicted octanol–water partition coefficient (Wildman–Crippen LogP) is 3.28. The molecule has 80 valence electrons. The quantitative estimate of drug-likeness (QED) is 0.668. The number of hydrogen-bond donors (Lipinski definition) is 1. The highest BCUT2D eigenvalue weighted by Crippen LogP contribution is 2.26. The third kappa shape index (κ3) is 3.85. The van der Waals surface area contributed by atoms with Crippen LogP contribution in [-0.4, -0.2) is 13.7 Å². The summed E-state index contributed by atoms with van der Waals surface area (Å²) in [5.74, 6) is 6.72. The second-order valence-corrected chi connectivity index (χ2v) is 3.80. The molecule has 0 saturated carbocycles. The number of nitrogens with one attached hydrogen (secondary N) is 1. The van der Waals surface area contributed by atoms with E-state index in [1.165, 1.54) is 0 Å².